The van der Waals surface area contributed by atoms with Crippen LogP contribution in [-0.4, -0.2) is 18.5 Å². The number of aromatic amines is 1. The summed E-state index contributed by atoms with van der Waals surface area (Å²) in [6.07, 6.45) is 1.26. The Balaban J connectivity index is 2.38. The van der Waals surface area contributed by atoms with Crippen molar-refractivity contribution < 1.29 is 13.5 Å². The molecule has 108 valence electrons. The highest BCUT2D eigenvalue weighted by Crippen LogP contribution is 2.35. The zero-order valence-electron chi connectivity index (χ0n) is 9.82. The third-order valence-corrected chi connectivity index (χ3v) is 4.58. The van der Waals surface area contributed by atoms with Crippen LogP contribution >= 0.6 is 34.8 Å². The van der Waals surface area contributed by atoms with E-state index >= 15 is 0 Å². The molecule has 0 aliphatic carbocycles. The van der Waals surface area contributed by atoms with E-state index in [0.717, 1.165) is 0 Å². The van der Waals surface area contributed by atoms with E-state index in [4.69, 9.17) is 39.9 Å². The van der Waals surface area contributed by atoms with E-state index in [9.17, 15) is 8.42 Å². The van der Waals surface area contributed by atoms with Crippen molar-refractivity contribution in [1.29, 1.82) is 0 Å². The molecule has 0 unspecified atom stereocenters. The number of hydrogen-bond acceptors (Lipinski definition) is 3. The molecule has 0 spiro atoms. The molecule has 20 heavy (non-hydrogen) atoms. The average Bonchev–Trinajstić information content (AvgIpc) is 2.83. The Morgan fingerprint density at radius 3 is 2.25 bits per heavy atom. The maximum atomic E-state index is 12.2. The van der Waals surface area contributed by atoms with Gasteiger partial charge in [-0.3, -0.25) is 4.72 Å². The van der Waals surface area contributed by atoms with E-state index in [0.29, 0.717) is 10.7 Å². The van der Waals surface area contributed by atoms with Crippen molar-refractivity contribution in [1.82, 2.24) is 4.98 Å². The standard InChI is InChI=1S/C11H9Cl3N2O3S/c12-6-1-9(13)11(10(14)2-6)16-20(18,19)8-3-7(5-17)15-4-8/h1-4,15-17H,5H2. The fraction of sp³-hybridized carbons (Fsp3) is 0.0909. The van der Waals surface area contributed by atoms with E-state index in [1.807, 2.05) is 0 Å². The molecule has 0 amide bonds. The number of aliphatic hydroxyl groups is 1. The normalized spacial score (nSPS) is 11.6. The lowest BCUT2D eigenvalue weighted by atomic mass is 10.3. The van der Waals surface area contributed by atoms with Gasteiger partial charge in [0, 0.05) is 16.9 Å². The number of H-pyrrole nitrogens is 1. The van der Waals surface area contributed by atoms with Crippen molar-refractivity contribution in [3.63, 3.8) is 0 Å². The molecule has 0 aliphatic heterocycles. The third-order valence-electron chi connectivity index (χ3n) is 2.44. The Morgan fingerprint density at radius 1 is 1.15 bits per heavy atom. The summed E-state index contributed by atoms with van der Waals surface area (Å²) in [6.45, 7) is -0.294. The SMILES string of the molecule is O=S(=O)(Nc1c(Cl)cc(Cl)cc1Cl)c1c[nH]c(CO)c1. The molecule has 1 heterocycles. The Bertz CT molecular complexity index is 720. The summed E-state index contributed by atoms with van der Waals surface area (Å²) in [5.74, 6) is 0. The Labute approximate surface area is 130 Å². The van der Waals surface area contributed by atoms with Gasteiger partial charge in [-0.05, 0) is 18.2 Å². The minimum atomic E-state index is -3.86. The van der Waals surface area contributed by atoms with Crippen LogP contribution in [0, 0.1) is 0 Å². The average molecular weight is 356 g/mol. The van der Waals surface area contributed by atoms with Crippen LogP contribution in [0.2, 0.25) is 15.1 Å². The summed E-state index contributed by atoms with van der Waals surface area (Å²) in [5, 5.41) is 9.39. The molecule has 1 aromatic heterocycles. The number of benzene rings is 1. The van der Waals surface area contributed by atoms with Crippen molar-refractivity contribution in [2.45, 2.75) is 11.5 Å². The maximum absolute atomic E-state index is 12.2. The van der Waals surface area contributed by atoms with Gasteiger partial charge >= 0.3 is 0 Å². The van der Waals surface area contributed by atoms with Gasteiger partial charge in [0.05, 0.1) is 22.3 Å². The van der Waals surface area contributed by atoms with Gasteiger partial charge in [0.2, 0.25) is 0 Å². The van der Waals surface area contributed by atoms with Crippen LogP contribution in [0.15, 0.2) is 29.3 Å². The van der Waals surface area contributed by atoms with Crippen molar-refractivity contribution in [3.05, 3.63) is 45.2 Å². The monoisotopic (exact) mass is 354 g/mol. The van der Waals surface area contributed by atoms with E-state index < -0.39 is 10.0 Å². The van der Waals surface area contributed by atoms with Crippen molar-refractivity contribution in [2.75, 3.05) is 4.72 Å². The molecule has 0 atom stereocenters. The van der Waals surface area contributed by atoms with E-state index in [-0.39, 0.29) is 27.2 Å². The van der Waals surface area contributed by atoms with Gasteiger partial charge < -0.3 is 10.1 Å². The number of hydrogen-bond donors (Lipinski definition) is 3. The van der Waals surface area contributed by atoms with Crippen LogP contribution in [0.5, 0.6) is 0 Å². The molecule has 3 N–H and O–H groups in total. The second-order valence-electron chi connectivity index (χ2n) is 3.87. The summed E-state index contributed by atoms with van der Waals surface area (Å²) >= 11 is 17.6. The molecule has 0 radical (unpaired) electrons. The highest BCUT2D eigenvalue weighted by atomic mass is 35.5. The number of sulfonamides is 1. The van der Waals surface area contributed by atoms with Crippen molar-refractivity contribution in [2.24, 2.45) is 0 Å². The smallest absolute Gasteiger partial charge is 0.263 e. The highest BCUT2D eigenvalue weighted by Gasteiger charge is 2.19. The summed E-state index contributed by atoms with van der Waals surface area (Å²) < 4.78 is 26.6. The largest absolute Gasteiger partial charge is 0.390 e. The van der Waals surface area contributed by atoms with Crippen LogP contribution in [0.3, 0.4) is 0 Å². The van der Waals surface area contributed by atoms with Crippen molar-refractivity contribution >= 4 is 50.5 Å². The zero-order chi connectivity index (χ0) is 14.9. The van der Waals surface area contributed by atoms with Gasteiger partial charge in [-0.2, -0.15) is 0 Å². The Hall–Kier alpha value is -0.920. The van der Waals surface area contributed by atoms with Gasteiger partial charge in [0.15, 0.2) is 0 Å². The second-order valence-corrected chi connectivity index (χ2v) is 6.80. The molecule has 0 aliphatic rings. The minimum absolute atomic E-state index is 0.0383. The summed E-state index contributed by atoms with van der Waals surface area (Å²) in [6, 6.07) is 4.06. The quantitative estimate of drug-likeness (QED) is 0.787. The first-order valence-electron chi connectivity index (χ1n) is 5.29. The maximum Gasteiger partial charge on any atom is 0.263 e. The molecule has 5 nitrogen and oxygen atoms in total. The molecular formula is C11H9Cl3N2O3S. The molecule has 0 saturated carbocycles. The van der Waals surface area contributed by atoms with Crippen LogP contribution in [-0.2, 0) is 16.6 Å². The fourth-order valence-corrected chi connectivity index (χ4v) is 3.64. The highest BCUT2D eigenvalue weighted by molar-refractivity contribution is 7.92. The Morgan fingerprint density at radius 2 is 1.75 bits per heavy atom. The van der Waals surface area contributed by atoms with Gasteiger partial charge in [-0.1, -0.05) is 34.8 Å². The first-order chi connectivity index (χ1) is 9.33. The molecule has 9 heteroatoms. The predicted octanol–water partition coefficient (Wildman–Crippen LogP) is 3.27. The van der Waals surface area contributed by atoms with E-state index in [1.165, 1.54) is 24.4 Å². The lowest BCUT2D eigenvalue weighted by Crippen LogP contribution is -2.13. The number of aliphatic hydroxyl groups excluding tert-OH is 1. The number of anilines is 1. The number of aromatic nitrogens is 1. The van der Waals surface area contributed by atoms with Crippen molar-refractivity contribution in [3.8, 4) is 0 Å². The summed E-state index contributed by atoms with van der Waals surface area (Å²) in [5.41, 5.74) is 0.420. The molecule has 0 fully saturated rings. The minimum Gasteiger partial charge on any atom is -0.390 e. The number of halogens is 3. The van der Waals surface area contributed by atoms with E-state index in [2.05, 4.69) is 9.71 Å². The molecule has 1 aromatic carbocycles. The van der Waals surface area contributed by atoms with Gasteiger partial charge in [0.1, 0.15) is 4.90 Å². The number of nitrogens with one attached hydrogen (secondary N) is 2. The Kier molecular flexibility index (Phi) is 4.51. The summed E-state index contributed by atoms with van der Waals surface area (Å²) in [7, 11) is -3.86. The second kappa shape index (κ2) is 5.83. The van der Waals surface area contributed by atoms with Crippen LogP contribution in [0.25, 0.3) is 0 Å². The third kappa shape index (κ3) is 3.21. The molecule has 0 saturated heterocycles. The molecular weight excluding hydrogens is 347 g/mol. The molecule has 2 rings (SSSR count). The lowest BCUT2D eigenvalue weighted by molar-refractivity contribution is 0.277. The van der Waals surface area contributed by atoms with Gasteiger partial charge in [-0.15, -0.1) is 0 Å². The number of rotatable bonds is 4. The predicted molar refractivity (Wildman–Crippen MR) is 79.0 cm³/mol. The fourth-order valence-electron chi connectivity index (χ4n) is 1.50. The first-order valence-corrected chi connectivity index (χ1v) is 7.90. The molecule has 2 aromatic rings. The topological polar surface area (TPSA) is 82.2 Å². The van der Waals surface area contributed by atoms with Crippen LogP contribution in [0.1, 0.15) is 5.69 Å². The van der Waals surface area contributed by atoms with Gasteiger partial charge in [0.25, 0.3) is 10.0 Å². The van der Waals surface area contributed by atoms with E-state index in [1.54, 1.807) is 0 Å². The van der Waals surface area contributed by atoms with Crippen LogP contribution in [0.4, 0.5) is 5.69 Å². The van der Waals surface area contributed by atoms with Gasteiger partial charge in [-0.25, -0.2) is 8.42 Å². The summed E-state index contributed by atoms with van der Waals surface area (Å²) in [4.78, 5) is 2.59. The zero-order valence-corrected chi connectivity index (χ0v) is 12.9. The first kappa shape index (κ1) is 15.5. The van der Waals surface area contributed by atoms with Crippen LogP contribution < -0.4 is 4.72 Å². The molecule has 0 bridgehead atoms. The lowest BCUT2D eigenvalue weighted by Gasteiger charge is -2.10.